The molecule has 0 unspecified atom stereocenters. The highest BCUT2D eigenvalue weighted by molar-refractivity contribution is 7.80. The molecule has 0 radical (unpaired) electrons. The molecule has 0 bridgehead atoms. The molecule has 1 saturated heterocycles. The van der Waals surface area contributed by atoms with E-state index in [1.54, 1.807) is 0 Å². The van der Waals surface area contributed by atoms with Crippen LogP contribution in [0.4, 0.5) is 5.69 Å². The lowest BCUT2D eigenvalue weighted by molar-refractivity contribution is 0.563. The molecule has 1 fully saturated rings. The summed E-state index contributed by atoms with van der Waals surface area (Å²) in [6, 6.07) is 17.2. The van der Waals surface area contributed by atoms with Crippen LogP contribution in [0.15, 0.2) is 54.7 Å². The van der Waals surface area contributed by atoms with Crippen molar-refractivity contribution in [3.63, 3.8) is 0 Å². The Morgan fingerprint density at radius 1 is 1.07 bits per heavy atom. The van der Waals surface area contributed by atoms with Gasteiger partial charge in [0, 0.05) is 29.8 Å². The first-order valence-corrected chi connectivity index (χ1v) is 10.7. The maximum absolute atomic E-state index is 5.83. The lowest BCUT2D eigenvalue weighted by Gasteiger charge is -2.28. The average molecular weight is 405 g/mol. The van der Waals surface area contributed by atoms with E-state index in [9.17, 15) is 0 Å². The summed E-state index contributed by atoms with van der Waals surface area (Å²) in [5.41, 5.74) is 7.32. The van der Waals surface area contributed by atoms with Gasteiger partial charge in [-0.15, -0.1) is 0 Å². The van der Waals surface area contributed by atoms with Crippen LogP contribution in [0.1, 0.15) is 54.1 Å². The van der Waals surface area contributed by atoms with Crippen molar-refractivity contribution in [3.8, 4) is 0 Å². The topological polar surface area (TPSA) is 33.1 Å². The molecule has 0 saturated carbocycles. The third kappa shape index (κ3) is 3.44. The molecule has 1 N–H and O–H groups in total. The zero-order valence-corrected chi connectivity index (χ0v) is 18.3. The van der Waals surface area contributed by atoms with E-state index in [0.29, 0.717) is 0 Å². The average Bonchev–Trinajstić information content (AvgIpc) is 3.24. The number of hydrogen-bond acceptors (Lipinski definition) is 2. The predicted molar refractivity (Wildman–Crippen MR) is 123 cm³/mol. The maximum Gasteiger partial charge on any atom is 0.174 e. The molecule has 2 aromatic heterocycles. The summed E-state index contributed by atoms with van der Waals surface area (Å²) in [5, 5.41) is 4.30. The summed E-state index contributed by atoms with van der Waals surface area (Å²) in [6.07, 6.45) is 2.88. The molecule has 4 nitrogen and oxygen atoms in total. The molecular formula is C24H28N4S. The largest absolute Gasteiger partial charge is 0.351 e. The highest BCUT2D eigenvalue weighted by Gasteiger charge is 2.42. The third-order valence-electron chi connectivity index (χ3n) is 5.97. The minimum atomic E-state index is 0.000331. The number of hydrogen-bond donors (Lipinski definition) is 1. The Morgan fingerprint density at radius 3 is 2.41 bits per heavy atom. The van der Waals surface area contributed by atoms with Crippen molar-refractivity contribution in [2.75, 3.05) is 4.90 Å². The Hall–Kier alpha value is -2.66. The number of rotatable bonds is 5. The van der Waals surface area contributed by atoms with Crippen LogP contribution in [-0.2, 0) is 13.0 Å². The lowest BCUT2D eigenvalue weighted by atomic mass is 9.96. The van der Waals surface area contributed by atoms with Gasteiger partial charge in [0.05, 0.1) is 17.8 Å². The summed E-state index contributed by atoms with van der Waals surface area (Å²) in [4.78, 5) is 6.91. The second-order valence-electron chi connectivity index (χ2n) is 7.59. The molecule has 4 rings (SSSR count). The Bertz CT molecular complexity index is 1010. The second kappa shape index (κ2) is 7.99. The molecule has 0 spiro atoms. The van der Waals surface area contributed by atoms with Gasteiger partial charge in [0.2, 0.25) is 0 Å². The third-order valence-corrected chi connectivity index (χ3v) is 6.28. The second-order valence-corrected chi connectivity index (χ2v) is 7.97. The molecule has 150 valence electrons. The van der Waals surface area contributed by atoms with Crippen LogP contribution >= 0.6 is 12.2 Å². The van der Waals surface area contributed by atoms with Crippen molar-refractivity contribution in [2.24, 2.45) is 0 Å². The summed E-state index contributed by atoms with van der Waals surface area (Å²) < 4.78 is 2.37. The number of aromatic nitrogens is 2. The van der Waals surface area contributed by atoms with Crippen LogP contribution in [0, 0.1) is 13.8 Å². The van der Waals surface area contributed by atoms with Gasteiger partial charge in [-0.2, -0.15) is 0 Å². The van der Waals surface area contributed by atoms with Crippen LogP contribution in [-0.4, -0.2) is 14.7 Å². The lowest BCUT2D eigenvalue weighted by Crippen LogP contribution is -2.29. The van der Waals surface area contributed by atoms with Gasteiger partial charge in [0.15, 0.2) is 5.11 Å². The summed E-state index contributed by atoms with van der Waals surface area (Å²) >= 11 is 5.83. The highest BCUT2D eigenvalue weighted by atomic mass is 32.1. The van der Waals surface area contributed by atoms with Gasteiger partial charge in [0.1, 0.15) is 0 Å². The van der Waals surface area contributed by atoms with E-state index in [-0.39, 0.29) is 12.1 Å². The Kier molecular flexibility index (Phi) is 5.41. The molecule has 29 heavy (non-hydrogen) atoms. The van der Waals surface area contributed by atoms with Gasteiger partial charge < -0.3 is 14.8 Å². The monoisotopic (exact) mass is 404 g/mol. The summed E-state index contributed by atoms with van der Waals surface area (Å²) in [5.74, 6) is 0. The SMILES string of the molecule is CCc1ccc(N2C(=S)N[C@@H](c3ccccn3)[C@@H]2c2cc(C)n(CC)c2C)cc1. The van der Waals surface area contributed by atoms with E-state index < -0.39 is 0 Å². The number of thiocarbonyl (C=S) groups is 1. The minimum absolute atomic E-state index is 0.000331. The van der Waals surface area contributed by atoms with Crippen LogP contribution in [0.5, 0.6) is 0 Å². The van der Waals surface area contributed by atoms with Crippen molar-refractivity contribution in [1.82, 2.24) is 14.9 Å². The van der Waals surface area contributed by atoms with Gasteiger partial charge in [0.25, 0.3) is 0 Å². The van der Waals surface area contributed by atoms with Crippen LogP contribution in [0.25, 0.3) is 0 Å². The van der Waals surface area contributed by atoms with Gasteiger partial charge in [-0.05, 0) is 80.9 Å². The summed E-state index contributed by atoms with van der Waals surface area (Å²) in [7, 11) is 0. The zero-order valence-electron chi connectivity index (χ0n) is 17.5. The zero-order chi connectivity index (χ0) is 20.5. The highest BCUT2D eigenvalue weighted by Crippen LogP contribution is 2.43. The van der Waals surface area contributed by atoms with Gasteiger partial charge in [-0.25, -0.2) is 0 Å². The quantitative estimate of drug-likeness (QED) is 0.588. The number of pyridine rings is 1. The fourth-order valence-electron chi connectivity index (χ4n) is 4.46. The number of aryl methyl sites for hydroxylation is 2. The van der Waals surface area contributed by atoms with Crippen molar-refractivity contribution in [2.45, 2.75) is 52.7 Å². The van der Waals surface area contributed by atoms with Crippen LogP contribution < -0.4 is 10.2 Å². The van der Waals surface area contributed by atoms with Crippen molar-refractivity contribution >= 4 is 23.0 Å². The molecule has 3 heterocycles. The van der Waals surface area contributed by atoms with E-state index >= 15 is 0 Å². The minimum Gasteiger partial charge on any atom is -0.351 e. The van der Waals surface area contributed by atoms with Crippen molar-refractivity contribution in [1.29, 1.82) is 0 Å². The predicted octanol–water partition coefficient (Wildman–Crippen LogP) is 5.26. The number of nitrogens with one attached hydrogen (secondary N) is 1. The molecule has 1 aliphatic rings. The number of nitrogens with zero attached hydrogens (tertiary/aromatic N) is 3. The first-order chi connectivity index (χ1) is 14.0. The van der Waals surface area contributed by atoms with Crippen molar-refractivity contribution < 1.29 is 0 Å². The molecule has 2 atom stereocenters. The molecule has 0 aliphatic carbocycles. The molecule has 1 aromatic carbocycles. The normalized spacial score (nSPS) is 18.9. The fraction of sp³-hybridized carbons (Fsp3) is 0.333. The fourth-order valence-corrected chi connectivity index (χ4v) is 4.80. The molecule has 1 aliphatic heterocycles. The number of benzene rings is 1. The molecule has 0 amide bonds. The van der Waals surface area contributed by atoms with Crippen molar-refractivity contribution in [3.05, 3.63) is 82.9 Å². The standard InChI is InChI=1S/C24H28N4S/c1-5-18-10-12-19(13-11-18)28-23(20-15-16(3)27(6-2)17(20)4)22(26-24(28)29)21-9-7-8-14-25-21/h7-15,22-23H,5-6H2,1-4H3,(H,26,29)/t22-,23-/m0/s1. The smallest absolute Gasteiger partial charge is 0.174 e. The molecule has 3 aromatic rings. The van der Waals surface area contributed by atoms with Crippen LogP contribution in [0.2, 0.25) is 0 Å². The number of anilines is 1. The van der Waals surface area contributed by atoms with Gasteiger partial charge in [-0.3, -0.25) is 4.98 Å². The molecule has 5 heteroatoms. The summed E-state index contributed by atoms with van der Waals surface area (Å²) in [6.45, 7) is 9.72. The van der Waals surface area contributed by atoms with Crippen LogP contribution in [0.3, 0.4) is 0 Å². The van der Waals surface area contributed by atoms with E-state index in [4.69, 9.17) is 12.2 Å². The Balaban J connectivity index is 1.85. The first-order valence-electron chi connectivity index (χ1n) is 10.3. The van der Waals surface area contributed by atoms with E-state index in [1.807, 2.05) is 18.3 Å². The molecular weight excluding hydrogens is 376 g/mol. The first kappa shape index (κ1) is 19.6. The van der Waals surface area contributed by atoms with E-state index in [2.05, 4.69) is 83.9 Å². The Morgan fingerprint density at radius 2 is 1.83 bits per heavy atom. The van der Waals surface area contributed by atoms with E-state index in [0.717, 1.165) is 29.5 Å². The Labute approximate surface area is 178 Å². The van der Waals surface area contributed by atoms with Gasteiger partial charge >= 0.3 is 0 Å². The van der Waals surface area contributed by atoms with Gasteiger partial charge in [-0.1, -0.05) is 25.1 Å². The van der Waals surface area contributed by atoms with E-state index in [1.165, 1.54) is 22.5 Å². The maximum atomic E-state index is 5.83.